The van der Waals surface area contributed by atoms with Gasteiger partial charge in [-0.2, -0.15) is 0 Å². The Kier molecular flexibility index (Phi) is 4.42. The second-order valence-corrected chi connectivity index (χ2v) is 5.73. The van der Waals surface area contributed by atoms with Gasteiger partial charge >= 0.3 is 0 Å². The van der Waals surface area contributed by atoms with Crippen LogP contribution in [0.25, 0.3) is 0 Å². The maximum atomic E-state index is 12.3. The van der Waals surface area contributed by atoms with E-state index in [0.717, 1.165) is 17.5 Å². The summed E-state index contributed by atoms with van der Waals surface area (Å²) >= 11 is 0. The number of nitrogens with zero attached hydrogens (tertiary/aromatic N) is 1. The average Bonchev–Trinajstić information content (AvgIpc) is 2.42. The molecule has 108 valence electrons. The summed E-state index contributed by atoms with van der Waals surface area (Å²) < 4.78 is 0. The summed E-state index contributed by atoms with van der Waals surface area (Å²) in [6, 6.07) is 7.74. The number of amides is 2. The molecule has 2 rings (SSSR count). The van der Waals surface area contributed by atoms with Gasteiger partial charge in [0.2, 0.25) is 5.91 Å². The Morgan fingerprint density at radius 2 is 2.00 bits per heavy atom. The molecule has 1 aromatic carbocycles. The third-order valence-corrected chi connectivity index (χ3v) is 3.91. The van der Waals surface area contributed by atoms with Crippen molar-refractivity contribution < 1.29 is 9.59 Å². The number of nitrogens with one attached hydrogen (secondary N) is 1. The highest BCUT2D eigenvalue weighted by Crippen LogP contribution is 2.18. The monoisotopic (exact) mass is 274 g/mol. The minimum absolute atomic E-state index is 0.0424. The summed E-state index contributed by atoms with van der Waals surface area (Å²) in [6.07, 6.45) is 0.814. The lowest BCUT2D eigenvalue weighted by Gasteiger charge is -2.28. The largest absolute Gasteiger partial charge is 0.352 e. The third-order valence-electron chi connectivity index (χ3n) is 3.91. The van der Waals surface area contributed by atoms with Gasteiger partial charge in [-0.15, -0.1) is 0 Å². The van der Waals surface area contributed by atoms with Gasteiger partial charge in [0, 0.05) is 18.2 Å². The van der Waals surface area contributed by atoms with Crippen LogP contribution >= 0.6 is 0 Å². The molecule has 0 aromatic heterocycles. The fourth-order valence-corrected chi connectivity index (χ4v) is 2.26. The van der Waals surface area contributed by atoms with Gasteiger partial charge in [0.05, 0.1) is 6.54 Å². The number of hydrogen-bond acceptors (Lipinski definition) is 2. The molecule has 1 aliphatic rings. The molecule has 1 aromatic rings. The van der Waals surface area contributed by atoms with Crippen molar-refractivity contribution in [2.75, 3.05) is 13.1 Å². The Labute approximate surface area is 120 Å². The molecule has 1 heterocycles. The number of fused-ring (bicyclic) bond motifs is 1. The van der Waals surface area contributed by atoms with Crippen molar-refractivity contribution in [2.45, 2.75) is 33.2 Å². The topological polar surface area (TPSA) is 49.4 Å². The quantitative estimate of drug-likeness (QED) is 0.911. The van der Waals surface area contributed by atoms with E-state index >= 15 is 0 Å². The zero-order valence-corrected chi connectivity index (χ0v) is 12.3. The molecule has 2 amide bonds. The zero-order chi connectivity index (χ0) is 14.7. The van der Waals surface area contributed by atoms with Crippen molar-refractivity contribution in [3.63, 3.8) is 0 Å². The summed E-state index contributed by atoms with van der Waals surface area (Å²) in [4.78, 5) is 25.9. The van der Waals surface area contributed by atoms with Crippen LogP contribution in [0.3, 0.4) is 0 Å². The molecule has 0 saturated carbocycles. The van der Waals surface area contributed by atoms with Crippen LogP contribution in [0.4, 0.5) is 0 Å². The van der Waals surface area contributed by atoms with E-state index in [0.29, 0.717) is 12.5 Å². The number of carbonyl (C=O) groups excluding carboxylic acids is 2. The van der Waals surface area contributed by atoms with E-state index in [-0.39, 0.29) is 24.4 Å². The maximum Gasteiger partial charge on any atom is 0.254 e. The number of hydrogen-bond donors (Lipinski definition) is 1. The molecular formula is C16H22N2O2. The Balaban J connectivity index is 1.99. The van der Waals surface area contributed by atoms with E-state index in [1.165, 1.54) is 0 Å². The van der Waals surface area contributed by atoms with Gasteiger partial charge in [0.25, 0.3) is 5.91 Å². The predicted molar refractivity (Wildman–Crippen MR) is 78.5 cm³/mol. The summed E-state index contributed by atoms with van der Waals surface area (Å²) in [5.41, 5.74) is 1.80. The summed E-state index contributed by atoms with van der Waals surface area (Å²) in [7, 11) is 0. The highest BCUT2D eigenvalue weighted by molar-refractivity contribution is 5.98. The van der Waals surface area contributed by atoms with Gasteiger partial charge in [-0.05, 0) is 30.9 Å². The Morgan fingerprint density at radius 1 is 1.30 bits per heavy atom. The lowest BCUT2D eigenvalue weighted by Crippen LogP contribution is -2.47. The molecular weight excluding hydrogens is 252 g/mol. The molecule has 1 aliphatic heterocycles. The maximum absolute atomic E-state index is 12.3. The SMILES string of the molecule is CC(C)C(C)NC(=O)CN1CCc2ccccc2C1=O. The van der Waals surface area contributed by atoms with Gasteiger partial charge in [-0.3, -0.25) is 9.59 Å². The van der Waals surface area contributed by atoms with Gasteiger partial charge in [0.15, 0.2) is 0 Å². The Bertz CT molecular complexity index is 511. The second kappa shape index (κ2) is 6.07. The summed E-state index contributed by atoms with van der Waals surface area (Å²) in [5.74, 6) is 0.259. The highest BCUT2D eigenvalue weighted by Gasteiger charge is 2.25. The van der Waals surface area contributed by atoms with E-state index < -0.39 is 0 Å². The van der Waals surface area contributed by atoms with Crippen molar-refractivity contribution >= 4 is 11.8 Å². The first kappa shape index (κ1) is 14.6. The lowest BCUT2D eigenvalue weighted by molar-refractivity contribution is -0.122. The van der Waals surface area contributed by atoms with Crippen molar-refractivity contribution in [1.29, 1.82) is 0 Å². The van der Waals surface area contributed by atoms with Crippen molar-refractivity contribution in [1.82, 2.24) is 10.2 Å². The summed E-state index contributed by atoms with van der Waals surface area (Å²) in [6.45, 7) is 6.86. The molecule has 4 heteroatoms. The minimum Gasteiger partial charge on any atom is -0.352 e. The van der Waals surface area contributed by atoms with Crippen LogP contribution in [0.5, 0.6) is 0 Å². The molecule has 4 nitrogen and oxygen atoms in total. The molecule has 20 heavy (non-hydrogen) atoms. The first-order valence-corrected chi connectivity index (χ1v) is 7.15. The van der Waals surface area contributed by atoms with Crippen LogP contribution < -0.4 is 5.32 Å². The molecule has 1 unspecified atom stereocenters. The smallest absolute Gasteiger partial charge is 0.254 e. The van der Waals surface area contributed by atoms with Crippen molar-refractivity contribution in [3.8, 4) is 0 Å². The molecule has 0 fully saturated rings. The lowest BCUT2D eigenvalue weighted by atomic mass is 9.99. The van der Waals surface area contributed by atoms with E-state index in [2.05, 4.69) is 19.2 Å². The number of rotatable bonds is 4. The van der Waals surface area contributed by atoms with E-state index in [1.807, 2.05) is 31.2 Å². The van der Waals surface area contributed by atoms with Crippen molar-refractivity contribution in [3.05, 3.63) is 35.4 Å². The van der Waals surface area contributed by atoms with Crippen LogP contribution in [-0.2, 0) is 11.2 Å². The van der Waals surface area contributed by atoms with Crippen LogP contribution in [0.1, 0.15) is 36.7 Å². The molecule has 0 spiro atoms. The van der Waals surface area contributed by atoms with Gasteiger partial charge in [-0.1, -0.05) is 32.0 Å². The van der Waals surface area contributed by atoms with Gasteiger partial charge < -0.3 is 10.2 Å². The van der Waals surface area contributed by atoms with Gasteiger partial charge in [-0.25, -0.2) is 0 Å². The number of benzene rings is 1. The molecule has 1 N–H and O–H groups in total. The fourth-order valence-electron chi connectivity index (χ4n) is 2.26. The number of carbonyl (C=O) groups is 2. The highest BCUT2D eigenvalue weighted by atomic mass is 16.2. The Hall–Kier alpha value is -1.84. The molecule has 1 atom stereocenters. The molecule has 0 aliphatic carbocycles. The first-order valence-electron chi connectivity index (χ1n) is 7.15. The van der Waals surface area contributed by atoms with E-state index in [4.69, 9.17) is 0 Å². The summed E-state index contributed by atoms with van der Waals surface area (Å²) in [5, 5.41) is 2.94. The molecule has 0 bridgehead atoms. The average molecular weight is 274 g/mol. The fraction of sp³-hybridized carbons (Fsp3) is 0.500. The molecule has 0 radical (unpaired) electrons. The van der Waals surface area contributed by atoms with Crippen molar-refractivity contribution in [2.24, 2.45) is 5.92 Å². The zero-order valence-electron chi connectivity index (χ0n) is 12.3. The Morgan fingerprint density at radius 3 is 2.70 bits per heavy atom. The van der Waals surface area contributed by atoms with Crippen LogP contribution in [0.15, 0.2) is 24.3 Å². The third kappa shape index (κ3) is 3.18. The van der Waals surface area contributed by atoms with Crippen LogP contribution in [0.2, 0.25) is 0 Å². The van der Waals surface area contributed by atoms with E-state index in [9.17, 15) is 9.59 Å². The first-order chi connectivity index (χ1) is 9.49. The van der Waals surface area contributed by atoms with E-state index in [1.54, 1.807) is 4.90 Å². The minimum atomic E-state index is -0.0843. The predicted octanol–water partition coefficient (Wildman–Crippen LogP) is 1.85. The normalized spacial score (nSPS) is 16.0. The molecule has 0 saturated heterocycles. The van der Waals surface area contributed by atoms with Crippen LogP contribution in [-0.4, -0.2) is 35.8 Å². The second-order valence-electron chi connectivity index (χ2n) is 5.73. The van der Waals surface area contributed by atoms with Crippen LogP contribution in [0, 0.1) is 5.92 Å². The standard InChI is InChI=1S/C16H22N2O2/c1-11(2)12(3)17-15(19)10-18-9-8-13-6-4-5-7-14(13)16(18)20/h4-7,11-12H,8-10H2,1-3H3,(H,17,19). The van der Waals surface area contributed by atoms with Gasteiger partial charge in [0.1, 0.15) is 0 Å².